The molecular formula is C17H22N4O2. The lowest BCUT2D eigenvalue weighted by atomic mass is 10.0. The summed E-state index contributed by atoms with van der Waals surface area (Å²) in [7, 11) is 3.61. The lowest BCUT2D eigenvalue weighted by Crippen LogP contribution is -2.44. The Balaban J connectivity index is 1.78. The molecule has 0 saturated carbocycles. The van der Waals surface area contributed by atoms with Crippen LogP contribution >= 0.6 is 0 Å². The average molecular weight is 314 g/mol. The molecule has 0 unspecified atom stereocenters. The number of likely N-dealkylation sites (tertiary alicyclic amines) is 1. The lowest BCUT2D eigenvalue weighted by molar-refractivity contribution is 0.0708. The predicted molar refractivity (Wildman–Crippen MR) is 88.6 cm³/mol. The molecule has 2 heterocycles. The van der Waals surface area contributed by atoms with Gasteiger partial charge in [0.15, 0.2) is 0 Å². The van der Waals surface area contributed by atoms with Crippen LogP contribution in [0.2, 0.25) is 0 Å². The van der Waals surface area contributed by atoms with E-state index in [2.05, 4.69) is 15.5 Å². The van der Waals surface area contributed by atoms with E-state index in [4.69, 9.17) is 4.74 Å². The fourth-order valence-electron chi connectivity index (χ4n) is 2.97. The summed E-state index contributed by atoms with van der Waals surface area (Å²) in [5, 5.41) is 10.3. The molecule has 2 aromatic rings. The van der Waals surface area contributed by atoms with Crippen LogP contribution in [-0.2, 0) is 0 Å². The van der Waals surface area contributed by atoms with Gasteiger partial charge in [-0.25, -0.2) is 0 Å². The summed E-state index contributed by atoms with van der Waals surface area (Å²) in [5.41, 5.74) is 2.31. The van der Waals surface area contributed by atoms with E-state index in [1.54, 1.807) is 13.3 Å². The van der Waals surface area contributed by atoms with Gasteiger partial charge in [-0.2, -0.15) is 5.10 Å². The van der Waals surface area contributed by atoms with Crippen molar-refractivity contribution in [1.29, 1.82) is 0 Å². The van der Waals surface area contributed by atoms with Crippen molar-refractivity contribution in [1.82, 2.24) is 20.4 Å². The third kappa shape index (κ3) is 3.22. The quantitative estimate of drug-likeness (QED) is 0.904. The van der Waals surface area contributed by atoms with Crippen LogP contribution in [0.3, 0.4) is 0 Å². The van der Waals surface area contributed by atoms with Gasteiger partial charge in [0.2, 0.25) is 0 Å². The number of amides is 1. The first kappa shape index (κ1) is 15.6. The summed E-state index contributed by atoms with van der Waals surface area (Å²) in [4.78, 5) is 14.7. The zero-order chi connectivity index (χ0) is 16.2. The highest BCUT2D eigenvalue weighted by Gasteiger charge is 2.25. The number of H-pyrrole nitrogens is 1. The number of hydrogen-bond donors (Lipinski definition) is 2. The molecule has 3 rings (SSSR count). The first-order valence-electron chi connectivity index (χ1n) is 7.87. The molecule has 1 aromatic heterocycles. The number of methoxy groups -OCH3 is 1. The number of carbonyl (C=O) groups excluding carboxylic acids is 1. The molecule has 0 radical (unpaired) electrons. The van der Waals surface area contributed by atoms with Crippen LogP contribution in [0.4, 0.5) is 0 Å². The highest BCUT2D eigenvalue weighted by Crippen LogP contribution is 2.25. The van der Waals surface area contributed by atoms with Gasteiger partial charge in [0, 0.05) is 24.7 Å². The van der Waals surface area contributed by atoms with Gasteiger partial charge in [0.1, 0.15) is 5.75 Å². The van der Waals surface area contributed by atoms with E-state index in [1.165, 1.54) is 0 Å². The van der Waals surface area contributed by atoms with Crippen LogP contribution in [0.1, 0.15) is 23.2 Å². The zero-order valence-electron chi connectivity index (χ0n) is 13.5. The number of nitrogens with zero attached hydrogens (tertiary/aromatic N) is 2. The number of carbonyl (C=O) groups is 1. The van der Waals surface area contributed by atoms with Crippen molar-refractivity contribution in [2.45, 2.75) is 18.9 Å². The smallest absolute Gasteiger partial charge is 0.257 e. The number of benzene rings is 1. The summed E-state index contributed by atoms with van der Waals surface area (Å²) in [5.74, 6) is 0.828. The molecule has 6 heteroatoms. The standard InChI is InChI=1S/C17H22N4O2/c1-18-13-7-9-21(10-8-13)17(22)15-11-19-20-16(15)12-3-5-14(23-2)6-4-12/h3-6,11,13,18H,7-10H2,1-2H3,(H,19,20). The van der Waals surface area contributed by atoms with Crippen LogP contribution in [-0.4, -0.2) is 54.3 Å². The SMILES string of the molecule is CNC1CCN(C(=O)c2cn[nH]c2-c2ccc(OC)cc2)CC1. The minimum absolute atomic E-state index is 0.0409. The van der Waals surface area contributed by atoms with Crippen molar-refractivity contribution in [3.8, 4) is 17.0 Å². The zero-order valence-corrected chi connectivity index (χ0v) is 13.5. The molecule has 0 atom stereocenters. The molecule has 0 spiro atoms. The van der Waals surface area contributed by atoms with E-state index in [-0.39, 0.29) is 5.91 Å². The molecule has 23 heavy (non-hydrogen) atoms. The normalized spacial score (nSPS) is 15.7. The Hall–Kier alpha value is -2.34. The average Bonchev–Trinajstić information content (AvgIpc) is 3.11. The highest BCUT2D eigenvalue weighted by molar-refractivity contribution is 5.99. The van der Waals surface area contributed by atoms with E-state index in [1.807, 2.05) is 36.2 Å². The number of nitrogens with one attached hydrogen (secondary N) is 2. The second-order valence-electron chi connectivity index (χ2n) is 5.74. The molecule has 0 bridgehead atoms. The van der Waals surface area contributed by atoms with Gasteiger partial charge in [-0.05, 0) is 44.2 Å². The third-order valence-electron chi connectivity index (χ3n) is 4.44. The molecule has 1 fully saturated rings. The predicted octanol–water partition coefficient (Wildman–Crippen LogP) is 1.91. The van der Waals surface area contributed by atoms with Crippen molar-refractivity contribution in [2.75, 3.05) is 27.2 Å². The van der Waals surface area contributed by atoms with Crippen molar-refractivity contribution >= 4 is 5.91 Å². The summed E-state index contributed by atoms with van der Waals surface area (Å²) in [6.07, 6.45) is 3.59. The molecule has 122 valence electrons. The molecule has 6 nitrogen and oxygen atoms in total. The highest BCUT2D eigenvalue weighted by atomic mass is 16.5. The molecule has 0 aliphatic carbocycles. The monoisotopic (exact) mass is 314 g/mol. The van der Waals surface area contributed by atoms with Crippen molar-refractivity contribution in [2.24, 2.45) is 0 Å². The van der Waals surface area contributed by atoms with E-state index in [9.17, 15) is 4.79 Å². The molecule has 1 aliphatic heterocycles. The van der Waals surface area contributed by atoms with E-state index < -0.39 is 0 Å². The Kier molecular flexibility index (Phi) is 4.62. The first-order valence-corrected chi connectivity index (χ1v) is 7.87. The Morgan fingerprint density at radius 2 is 2.00 bits per heavy atom. The summed E-state index contributed by atoms with van der Waals surface area (Å²) in [6.45, 7) is 1.55. The number of aromatic amines is 1. The molecule has 1 aromatic carbocycles. The summed E-state index contributed by atoms with van der Waals surface area (Å²) < 4.78 is 5.17. The van der Waals surface area contributed by atoms with Gasteiger partial charge in [-0.1, -0.05) is 0 Å². The first-order chi connectivity index (χ1) is 11.2. The van der Waals surface area contributed by atoms with Crippen LogP contribution < -0.4 is 10.1 Å². The minimum Gasteiger partial charge on any atom is -0.497 e. The van der Waals surface area contributed by atoms with E-state index in [0.29, 0.717) is 11.6 Å². The molecule has 1 amide bonds. The molecular weight excluding hydrogens is 292 g/mol. The summed E-state index contributed by atoms with van der Waals surface area (Å²) >= 11 is 0. The van der Waals surface area contributed by atoms with Gasteiger partial charge in [0.25, 0.3) is 5.91 Å². The van der Waals surface area contributed by atoms with Gasteiger partial charge < -0.3 is 15.0 Å². The maximum atomic E-state index is 12.8. The van der Waals surface area contributed by atoms with Crippen molar-refractivity contribution < 1.29 is 9.53 Å². The number of ether oxygens (including phenoxy) is 1. The maximum Gasteiger partial charge on any atom is 0.257 e. The Morgan fingerprint density at radius 1 is 1.30 bits per heavy atom. The van der Waals surface area contributed by atoms with Gasteiger partial charge in [-0.15, -0.1) is 0 Å². The minimum atomic E-state index is 0.0409. The lowest BCUT2D eigenvalue weighted by Gasteiger charge is -2.31. The number of hydrogen-bond acceptors (Lipinski definition) is 4. The van der Waals surface area contributed by atoms with Crippen molar-refractivity contribution in [3.63, 3.8) is 0 Å². The molecule has 1 aliphatic rings. The second kappa shape index (κ2) is 6.83. The summed E-state index contributed by atoms with van der Waals surface area (Å²) in [6, 6.07) is 8.11. The van der Waals surface area contributed by atoms with E-state index >= 15 is 0 Å². The topological polar surface area (TPSA) is 70.2 Å². The number of aromatic nitrogens is 2. The fourth-order valence-corrected chi connectivity index (χ4v) is 2.97. The van der Waals surface area contributed by atoms with Gasteiger partial charge in [0.05, 0.1) is 24.6 Å². The van der Waals surface area contributed by atoms with E-state index in [0.717, 1.165) is 42.9 Å². The van der Waals surface area contributed by atoms with Crippen LogP contribution in [0, 0.1) is 0 Å². The Bertz CT molecular complexity index is 657. The van der Waals surface area contributed by atoms with Crippen LogP contribution in [0.15, 0.2) is 30.5 Å². The number of rotatable bonds is 4. The molecule has 2 N–H and O–H groups in total. The Morgan fingerprint density at radius 3 is 2.61 bits per heavy atom. The van der Waals surface area contributed by atoms with Gasteiger partial charge in [-0.3, -0.25) is 9.89 Å². The van der Waals surface area contributed by atoms with Gasteiger partial charge >= 0.3 is 0 Å². The third-order valence-corrected chi connectivity index (χ3v) is 4.44. The van der Waals surface area contributed by atoms with Crippen molar-refractivity contribution in [3.05, 3.63) is 36.0 Å². The second-order valence-corrected chi connectivity index (χ2v) is 5.74. The Labute approximate surface area is 135 Å². The largest absolute Gasteiger partial charge is 0.497 e. The molecule has 1 saturated heterocycles. The fraction of sp³-hybridized carbons (Fsp3) is 0.412. The van der Waals surface area contributed by atoms with Crippen LogP contribution in [0.5, 0.6) is 5.75 Å². The van der Waals surface area contributed by atoms with Crippen LogP contribution in [0.25, 0.3) is 11.3 Å². The maximum absolute atomic E-state index is 12.8. The number of piperidine rings is 1.